The average molecular weight is 363 g/mol. The average Bonchev–Trinajstić information content (AvgIpc) is 2.37. The monoisotopic (exact) mass is 362 g/mol. The molecule has 0 atom stereocenters. The molecule has 0 aliphatic heterocycles. The minimum Gasteiger partial charge on any atom is -0.460 e. The zero-order chi connectivity index (χ0) is 16.2. The van der Waals surface area contributed by atoms with E-state index in [1.165, 1.54) is 0 Å². The Balaban J connectivity index is 3.15. The topological polar surface area (TPSA) is 69.7 Å². The highest BCUT2D eigenvalue weighted by Crippen LogP contribution is 2.32. The molecule has 0 saturated carbocycles. The van der Waals surface area contributed by atoms with E-state index in [2.05, 4.69) is 0 Å². The zero-order valence-corrected chi connectivity index (χ0v) is 13.0. The van der Waals surface area contributed by atoms with Crippen molar-refractivity contribution in [2.45, 2.75) is 11.8 Å². The van der Waals surface area contributed by atoms with Crippen molar-refractivity contribution in [1.82, 2.24) is 0 Å². The Kier molecular flexibility index (Phi) is 6.33. The fraction of sp³-hybridized carbons (Fsp3) is 0.364. The molecule has 0 N–H and O–H groups in total. The van der Waals surface area contributed by atoms with Gasteiger partial charge in [-0.15, -0.1) is 0 Å². The molecule has 0 aliphatic carbocycles. The standard InChI is InChI=1S/C11H10Cl2F2O5S/c1-2-19-3-4-20-11(16)6-5-7(14)9(15)10(8(6)12)21(13,17)18/h5H,2-4H2,1H3. The summed E-state index contributed by atoms with van der Waals surface area (Å²) in [7, 11) is 0.293. The lowest BCUT2D eigenvalue weighted by Crippen LogP contribution is -2.13. The summed E-state index contributed by atoms with van der Waals surface area (Å²) < 4.78 is 58.8. The summed E-state index contributed by atoms with van der Waals surface area (Å²) in [6, 6.07) is 0.437. The molecule has 1 rings (SSSR count). The summed E-state index contributed by atoms with van der Waals surface area (Å²) in [6.07, 6.45) is 0. The highest BCUT2D eigenvalue weighted by molar-refractivity contribution is 8.13. The van der Waals surface area contributed by atoms with Gasteiger partial charge in [0, 0.05) is 17.3 Å². The minimum atomic E-state index is -4.68. The number of halogens is 4. The van der Waals surface area contributed by atoms with E-state index in [9.17, 15) is 22.0 Å². The normalized spacial score (nSPS) is 11.5. The van der Waals surface area contributed by atoms with Crippen LogP contribution in [0.4, 0.5) is 8.78 Å². The smallest absolute Gasteiger partial charge is 0.339 e. The second-order valence-corrected chi connectivity index (χ2v) is 6.51. The second-order valence-electron chi connectivity index (χ2n) is 3.63. The molecule has 0 bridgehead atoms. The molecule has 1 aromatic rings. The first kappa shape index (κ1) is 18.1. The van der Waals surface area contributed by atoms with Gasteiger partial charge in [-0.1, -0.05) is 11.6 Å². The number of carbonyl (C=O) groups excluding carboxylic acids is 1. The van der Waals surface area contributed by atoms with E-state index in [-0.39, 0.29) is 13.2 Å². The van der Waals surface area contributed by atoms with Crippen molar-refractivity contribution in [3.63, 3.8) is 0 Å². The van der Waals surface area contributed by atoms with Gasteiger partial charge in [0.1, 0.15) is 11.5 Å². The van der Waals surface area contributed by atoms with Gasteiger partial charge >= 0.3 is 5.97 Å². The highest BCUT2D eigenvalue weighted by Gasteiger charge is 2.29. The van der Waals surface area contributed by atoms with Crippen LogP contribution in [0.2, 0.25) is 5.02 Å². The van der Waals surface area contributed by atoms with Crippen molar-refractivity contribution < 1.29 is 31.5 Å². The first-order valence-corrected chi connectivity index (χ1v) is 8.25. The van der Waals surface area contributed by atoms with Crippen LogP contribution in [-0.4, -0.2) is 34.2 Å². The lowest BCUT2D eigenvalue weighted by Gasteiger charge is -2.10. The minimum absolute atomic E-state index is 0.0875. The second kappa shape index (κ2) is 7.35. The Bertz CT molecular complexity index is 649. The quantitative estimate of drug-likeness (QED) is 0.336. The number of hydrogen-bond donors (Lipinski definition) is 0. The number of hydrogen-bond acceptors (Lipinski definition) is 5. The van der Waals surface area contributed by atoms with E-state index in [1.807, 2.05) is 0 Å². The predicted octanol–water partition coefficient (Wildman–Crippen LogP) is 2.74. The largest absolute Gasteiger partial charge is 0.460 e. The zero-order valence-electron chi connectivity index (χ0n) is 10.7. The molecule has 0 radical (unpaired) electrons. The van der Waals surface area contributed by atoms with Crippen LogP contribution < -0.4 is 0 Å². The first-order chi connectivity index (χ1) is 9.70. The molecule has 0 unspecified atom stereocenters. The maximum Gasteiger partial charge on any atom is 0.339 e. The molecule has 0 aliphatic rings. The summed E-state index contributed by atoms with van der Waals surface area (Å²) in [6.45, 7) is 2.05. The third-order valence-electron chi connectivity index (χ3n) is 2.24. The van der Waals surface area contributed by atoms with Crippen LogP contribution in [0.25, 0.3) is 0 Å². The van der Waals surface area contributed by atoms with Gasteiger partial charge in [-0.05, 0) is 13.0 Å². The highest BCUT2D eigenvalue weighted by atomic mass is 35.7. The number of rotatable bonds is 6. The van der Waals surface area contributed by atoms with Crippen LogP contribution in [0.3, 0.4) is 0 Å². The molecule has 0 fully saturated rings. The molecule has 1 aromatic carbocycles. The third-order valence-corrected chi connectivity index (χ3v) is 4.08. The summed E-state index contributed by atoms with van der Waals surface area (Å²) in [5, 5.41) is -0.842. The van der Waals surface area contributed by atoms with Gasteiger partial charge in [-0.3, -0.25) is 0 Å². The van der Waals surface area contributed by atoms with Crippen molar-refractivity contribution in [3.8, 4) is 0 Å². The predicted molar refractivity (Wildman–Crippen MR) is 71.2 cm³/mol. The summed E-state index contributed by atoms with van der Waals surface area (Å²) in [5.74, 6) is -4.48. The van der Waals surface area contributed by atoms with Crippen molar-refractivity contribution >= 4 is 37.3 Å². The van der Waals surface area contributed by atoms with Crippen molar-refractivity contribution in [3.05, 3.63) is 28.3 Å². The molecule has 0 saturated heterocycles. The fourth-order valence-electron chi connectivity index (χ4n) is 1.36. The van der Waals surface area contributed by atoms with Gasteiger partial charge < -0.3 is 9.47 Å². The fourth-order valence-corrected chi connectivity index (χ4v) is 3.07. The number of ether oxygens (including phenoxy) is 2. The molecular weight excluding hydrogens is 353 g/mol. The first-order valence-electron chi connectivity index (χ1n) is 5.57. The molecule has 0 amide bonds. The van der Waals surface area contributed by atoms with Crippen LogP contribution in [0.5, 0.6) is 0 Å². The van der Waals surface area contributed by atoms with E-state index in [0.29, 0.717) is 12.7 Å². The van der Waals surface area contributed by atoms with Crippen LogP contribution >= 0.6 is 22.3 Å². The molecule has 5 nitrogen and oxygen atoms in total. The molecule has 0 spiro atoms. The maximum atomic E-state index is 13.5. The van der Waals surface area contributed by atoms with Gasteiger partial charge in [-0.25, -0.2) is 22.0 Å². The van der Waals surface area contributed by atoms with Crippen LogP contribution in [0.1, 0.15) is 17.3 Å². The summed E-state index contributed by atoms with van der Waals surface area (Å²) in [5.41, 5.74) is -0.647. The lowest BCUT2D eigenvalue weighted by molar-refractivity contribution is 0.0334. The number of carbonyl (C=O) groups is 1. The molecule has 21 heavy (non-hydrogen) atoms. The Labute approximate surface area is 129 Å². The van der Waals surface area contributed by atoms with Crippen LogP contribution in [0.15, 0.2) is 11.0 Å². The molecule has 10 heteroatoms. The molecule has 118 valence electrons. The van der Waals surface area contributed by atoms with E-state index in [0.717, 1.165) is 0 Å². The Morgan fingerprint density at radius 2 is 1.95 bits per heavy atom. The van der Waals surface area contributed by atoms with Gasteiger partial charge in [0.25, 0.3) is 9.05 Å². The molecule has 0 heterocycles. The Morgan fingerprint density at radius 1 is 1.33 bits per heavy atom. The number of benzene rings is 1. The van der Waals surface area contributed by atoms with Gasteiger partial charge in [-0.2, -0.15) is 0 Å². The van der Waals surface area contributed by atoms with Gasteiger partial charge in [0.05, 0.1) is 17.2 Å². The van der Waals surface area contributed by atoms with E-state index in [1.54, 1.807) is 6.92 Å². The van der Waals surface area contributed by atoms with E-state index in [4.69, 9.17) is 31.8 Å². The van der Waals surface area contributed by atoms with E-state index >= 15 is 0 Å². The number of esters is 1. The van der Waals surface area contributed by atoms with E-state index < -0.39 is 42.1 Å². The maximum absolute atomic E-state index is 13.5. The Hall–Kier alpha value is -0.960. The van der Waals surface area contributed by atoms with Gasteiger partial charge in [0.2, 0.25) is 0 Å². The molecular formula is C11H10Cl2F2O5S. The van der Waals surface area contributed by atoms with Crippen LogP contribution in [0, 0.1) is 11.6 Å². The Morgan fingerprint density at radius 3 is 2.48 bits per heavy atom. The van der Waals surface area contributed by atoms with Crippen LogP contribution in [-0.2, 0) is 18.5 Å². The van der Waals surface area contributed by atoms with Crippen molar-refractivity contribution in [2.75, 3.05) is 19.8 Å². The van der Waals surface area contributed by atoms with Crippen molar-refractivity contribution in [1.29, 1.82) is 0 Å². The third kappa shape index (κ3) is 4.50. The SMILES string of the molecule is CCOCCOC(=O)c1cc(F)c(F)c(S(=O)(=O)Cl)c1Cl. The van der Waals surface area contributed by atoms with Gasteiger partial charge in [0.15, 0.2) is 11.6 Å². The summed E-state index contributed by atoms with van der Waals surface area (Å²) >= 11 is 5.60. The molecule has 0 aromatic heterocycles. The van der Waals surface area contributed by atoms with Crippen molar-refractivity contribution in [2.24, 2.45) is 0 Å². The lowest BCUT2D eigenvalue weighted by atomic mass is 10.2. The summed E-state index contributed by atoms with van der Waals surface area (Å²) in [4.78, 5) is 10.4.